The molecule has 34 heavy (non-hydrogen) atoms. The Bertz CT molecular complexity index is 1360. The quantitative estimate of drug-likeness (QED) is 0.462. The van der Waals surface area contributed by atoms with Crippen LogP contribution in [0.25, 0.3) is 10.9 Å². The van der Waals surface area contributed by atoms with Gasteiger partial charge in [-0.3, -0.25) is 9.59 Å². The number of aryl methyl sites for hydroxylation is 2. The highest BCUT2D eigenvalue weighted by atomic mass is 35.5. The van der Waals surface area contributed by atoms with Crippen LogP contribution < -0.4 is 5.32 Å². The molecule has 2 aromatic carbocycles. The molecular formula is C25H27ClN2O5S. The fraction of sp³-hybridized carbons (Fsp3) is 0.360. The number of benzene rings is 2. The topological polar surface area (TPSA) is 94.5 Å². The molecule has 1 heterocycles. The lowest BCUT2D eigenvalue weighted by Gasteiger charge is -2.15. The SMILES string of the molecule is Cc1cc(Cl)c2cc(C(=O)NC(C)c3ccc(S(=O)(=O)CC(=O)OCC4CC4)cc3)n(C)c2c1. The fourth-order valence-corrected chi connectivity index (χ4v) is 5.26. The Morgan fingerprint density at radius 3 is 2.50 bits per heavy atom. The van der Waals surface area contributed by atoms with Gasteiger partial charge in [0.2, 0.25) is 0 Å². The minimum atomic E-state index is -3.80. The highest BCUT2D eigenvalue weighted by molar-refractivity contribution is 7.92. The van der Waals surface area contributed by atoms with E-state index in [9.17, 15) is 18.0 Å². The second-order valence-electron chi connectivity index (χ2n) is 8.92. The van der Waals surface area contributed by atoms with E-state index in [4.69, 9.17) is 16.3 Å². The van der Waals surface area contributed by atoms with Crippen molar-refractivity contribution in [2.45, 2.75) is 37.6 Å². The van der Waals surface area contributed by atoms with Gasteiger partial charge in [0.25, 0.3) is 5.91 Å². The van der Waals surface area contributed by atoms with Crippen LogP contribution in [0.2, 0.25) is 5.02 Å². The van der Waals surface area contributed by atoms with Gasteiger partial charge in [-0.05, 0) is 74.1 Å². The van der Waals surface area contributed by atoms with Crippen molar-refractivity contribution in [2.24, 2.45) is 13.0 Å². The van der Waals surface area contributed by atoms with Crippen LogP contribution in [0.5, 0.6) is 0 Å². The fourth-order valence-electron chi connectivity index (χ4n) is 3.83. The summed E-state index contributed by atoms with van der Waals surface area (Å²) >= 11 is 6.35. The number of sulfone groups is 1. The first-order valence-electron chi connectivity index (χ1n) is 11.1. The summed E-state index contributed by atoms with van der Waals surface area (Å²) in [6.07, 6.45) is 2.04. The Hall–Kier alpha value is -2.84. The molecule has 1 fully saturated rings. The number of fused-ring (bicyclic) bond motifs is 1. The normalized spacial score (nSPS) is 14.7. The maximum atomic E-state index is 13.0. The van der Waals surface area contributed by atoms with Gasteiger partial charge in [-0.1, -0.05) is 23.7 Å². The molecule has 1 saturated carbocycles. The summed E-state index contributed by atoms with van der Waals surface area (Å²) in [5.41, 5.74) is 3.08. The molecule has 1 aliphatic rings. The lowest BCUT2D eigenvalue weighted by molar-refractivity contribution is -0.141. The molecule has 1 amide bonds. The third-order valence-electron chi connectivity index (χ3n) is 6.06. The van der Waals surface area contributed by atoms with Crippen molar-refractivity contribution in [3.8, 4) is 0 Å². The summed E-state index contributed by atoms with van der Waals surface area (Å²) in [5, 5.41) is 4.34. The minimum Gasteiger partial charge on any atom is -0.465 e. The van der Waals surface area contributed by atoms with Crippen LogP contribution in [-0.2, 0) is 26.4 Å². The van der Waals surface area contributed by atoms with Gasteiger partial charge in [-0.25, -0.2) is 8.42 Å². The average molecular weight is 503 g/mol. The minimum absolute atomic E-state index is 0.0387. The molecule has 1 unspecified atom stereocenters. The van der Waals surface area contributed by atoms with Crippen LogP contribution in [0.15, 0.2) is 47.4 Å². The van der Waals surface area contributed by atoms with Crippen molar-refractivity contribution in [3.63, 3.8) is 0 Å². The third kappa shape index (κ3) is 5.28. The van der Waals surface area contributed by atoms with Crippen molar-refractivity contribution in [1.82, 2.24) is 9.88 Å². The zero-order valence-corrected chi connectivity index (χ0v) is 20.9. The van der Waals surface area contributed by atoms with Crippen LogP contribution >= 0.6 is 11.6 Å². The standard InChI is InChI=1S/C25H27ClN2O5S/c1-15-10-21(26)20-12-23(28(3)22(20)11-15)25(30)27-16(2)18-6-8-19(9-7-18)34(31,32)14-24(29)33-13-17-4-5-17/h6-12,16-17H,4-5,13-14H2,1-3H3,(H,27,30). The van der Waals surface area contributed by atoms with Gasteiger partial charge >= 0.3 is 5.97 Å². The number of halogens is 1. The average Bonchev–Trinajstić information content (AvgIpc) is 3.55. The largest absolute Gasteiger partial charge is 0.465 e. The van der Waals surface area contributed by atoms with E-state index in [0.717, 1.165) is 34.9 Å². The summed E-state index contributed by atoms with van der Waals surface area (Å²) in [6.45, 7) is 4.05. The summed E-state index contributed by atoms with van der Waals surface area (Å²) in [5.74, 6) is -1.32. The smallest absolute Gasteiger partial charge is 0.321 e. The molecule has 0 spiro atoms. The highest BCUT2D eigenvalue weighted by Gasteiger charge is 2.26. The summed E-state index contributed by atoms with van der Waals surface area (Å²) in [7, 11) is -1.99. The number of hydrogen-bond acceptors (Lipinski definition) is 5. The number of rotatable bonds is 8. The molecule has 4 rings (SSSR count). The number of esters is 1. The molecule has 1 aromatic heterocycles. The van der Waals surface area contributed by atoms with Gasteiger partial charge in [0, 0.05) is 12.4 Å². The van der Waals surface area contributed by atoms with Crippen molar-refractivity contribution in [3.05, 3.63) is 64.3 Å². The molecule has 7 nitrogen and oxygen atoms in total. The molecule has 1 aliphatic carbocycles. The number of amides is 1. The second kappa shape index (κ2) is 9.43. The Morgan fingerprint density at radius 2 is 1.85 bits per heavy atom. The maximum absolute atomic E-state index is 13.0. The van der Waals surface area contributed by atoms with Gasteiger partial charge < -0.3 is 14.6 Å². The van der Waals surface area contributed by atoms with Gasteiger partial charge in [-0.15, -0.1) is 0 Å². The first-order valence-corrected chi connectivity index (χ1v) is 13.1. The third-order valence-corrected chi connectivity index (χ3v) is 7.98. The first kappa shape index (κ1) is 24.3. The van der Waals surface area contributed by atoms with E-state index in [1.165, 1.54) is 12.1 Å². The Balaban J connectivity index is 1.43. The van der Waals surface area contributed by atoms with E-state index >= 15 is 0 Å². The predicted molar refractivity (Wildman–Crippen MR) is 131 cm³/mol. The number of nitrogens with zero attached hydrogens (tertiary/aromatic N) is 1. The monoisotopic (exact) mass is 502 g/mol. The molecular weight excluding hydrogens is 476 g/mol. The number of hydrogen-bond donors (Lipinski definition) is 1. The van der Waals surface area contributed by atoms with Crippen LogP contribution in [-0.4, -0.2) is 37.2 Å². The summed E-state index contributed by atoms with van der Waals surface area (Å²) < 4.78 is 31.9. The van der Waals surface area contributed by atoms with Crippen LogP contribution in [0.4, 0.5) is 0 Å². The number of nitrogens with one attached hydrogen (secondary N) is 1. The van der Waals surface area contributed by atoms with Crippen molar-refractivity contribution >= 4 is 44.2 Å². The van der Waals surface area contributed by atoms with E-state index in [0.29, 0.717) is 16.6 Å². The van der Waals surface area contributed by atoms with Crippen molar-refractivity contribution in [1.29, 1.82) is 0 Å². The predicted octanol–water partition coefficient (Wildman–Crippen LogP) is 4.36. The molecule has 0 radical (unpaired) electrons. The number of carbonyl (C=O) groups excluding carboxylic acids is 2. The van der Waals surface area contributed by atoms with Gasteiger partial charge in [0.1, 0.15) is 5.69 Å². The highest BCUT2D eigenvalue weighted by Crippen LogP contribution is 2.29. The molecule has 0 saturated heterocycles. The van der Waals surface area contributed by atoms with E-state index in [2.05, 4.69) is 5.32 Å². The zero-order valence-electron chi connectivity index (χ0n) is 19.3. The first-order chi connectivity index (χ1) is 16.0. The lowest BCUT2D eigenvalue weighted by Crippen LogP contribution is -2.28. The molecule has 1 N–H and O–H groups in total. The molecule has 3 aromatic rings. The Morgan fingerprint density at radius 1 is 1.18 bits per heavy atom. The van der Waals surface area contributed by atoms with E-state index in [1.807, 2.05) is 33.0 Å². The Labute approximate surface area is 204 Å². The maximum Gasteiger partial charge on any atom is 0.321 e. The van der Waals surface area contributed by atoms with E-state index in [1.54, 1.807) is 22.8 Å². The molecule has 0 bridgehead atoms. The van der Waals surface area contributed by atoms with Crippen molar-refractivity contribution < 1.29 is 22.7 Å². The number of ether oxygens (including phenoxy) is 1. The van der Waals surface area contributed by atoms with Gasteiger partial charge in [0.05, 0.1) is 28.1 Å². The molecule has 1 atom stereocenters. The summed E-state index contributed by atoms with van der Waals surface area (Å²) in [4.78, 5) is 24.9. The lowest BCUT2D eigenvalue weighted by atomic mass is 10.1. The van der Waals surface area contributed by atoms with Gasteiger partial charge in [-0.2, -0.15) is 0 Å². The zero-order chi connectivity index (χ0) is 24.6. The van der Waals surface area contributed by atoms with Crippen molar-refractivity contribution in [2.75, 3.05) is 12.4 Å². The van der Waals surface area contributed by atoms with Gasteiger partial charge in [0.15, 0.2) is 15.6 Å². The molecule has 9 heteroatoms. The molecule has 180 valence electrons. The second-order valence-corrected chi connectivity index (χ2v) is 11.3. The Kier molecular flexibility index (Phi) is 6.73. The number of carbonyl (C=O) groups is 2. The summed E-state index contributed by atoms with van der Waals surface area (Å²) in [6, 6.07) is 11.4. The van der Waals surface area contributed by atoms with Crippen LogP contribution in [0.1, 0.15) is 47.4 Å². The van der Waals surface area contributed by atoms with E-state index < -0.39 is 21.6 Å². The van der Waals surface area contributed by atoms with Crippen LogP contribution in [0.3, 0.4) is 0 Å². The number of aromatic nitrogens is 1. The van der Waals surface area contributed by atoms with E-state index in [-0.39, 0.29) is 23.5 Å². The van der Waals surface area contributed by atoms with Crippen LogP contribution in [0, 0.1) is 12.8 Å². The molecule has 0 aliphatic heterocycles.